The predicted molar refractivity (Wildman–Crippen MR) is 70.5 cm³/mol. The average molecular weight is 240 g/mol. The standard InChI is InChI=1S/C15H14NO2/c17-15(18)14(10-12-6-2-1-3-7-12)16-11-13-8-4-5-9-13/h1-9,11,14H,10H2,(H,17,18)/t14-/m0/s1. The van der Waals surface area contributed by atoms with Gasteiger partial charge >= 0.3 is 5.97 Å². The summed E-state index contributed by atoms with van der Waals surface area (Å²) in [6, 6.07) is 8.79. The largest absolute Gasteiger partial charge is 0.480 e. The molecular weight excluding hydrogens is 226 g/mol. The van der Waals surface area contributed by atoms with Crippen LogP contribution in [0.1, 0.15) is 5.56 Å². The van der Waals surface area contributed by atoms with E-state index in [9.17, 15) is 4.79 Å². The highest BCUT2D eigenvalue weighted by Crippen LogP contribution is 2.21. The van der Waals surface area contributed by atoms with E-state index in [1.165, 1.54) is 0 Å². The zero-order valence-electron chi connectivity index (χ0n) is 9.86. The van der Waals surface area contributed by atoms with Gasteiger partial charge in [-0.2, -0.15) is 0 Å². The van der Waals surface area contributed by atoms with Crippen LogP contribution in [0.2, 0.25) is 0 Å². The molecule has 0 spiro atoms. The van der Waals surface area contributed by atoms with E-state index in [1.54, 1.807) is 6.21 Å². The molecule has 1 N–H and O–H groups in total. The minimum Gasteiger partial charge on any atom is -0.480 e. The van der Waals surface area contributed by atoms with Gasteiger partial charge in [-0.3, -0.25) is 4.99 Å². The number of aliphatic imine (C=N–C) groups is 1. The van der Waals surface area contributed by atoms with Crippen molar-refractivity contribution < 1.29 is 9.90 Å². The topological polar surface area (TPSA) is 49.7 Å². The fraction of sp³-hybridized carbons (Fsp3) is 0.133. The van der Waals surface area contributed by atoms with Crippen LogP contribution in [0.3, 0.4) is 0 Å². The van der Waals surface area contributed by atoms with Crippen molar-refractivity contribution >= 4 is 12.2 Å². The Kier molecular flexibility index (Phi) is 4.51. The second-order valence-corrected chi connectivity index (χ2v) is 4.04. The van der Waals surface area contributed by atoms with Crippen LogP contribution in [-0.2, 0) is 11.2 Å². The van der Waals surface area contributed by atoms with Gasteiger partial charge in [-0.05, 0) is 31.2 Å². The summed E-state index contributed by atoms with van der Waals surface area (Å²) >= 11 is 0. The molecule has 91 valence electrons. The number of carboxylic acids is 1. The minimum absolute atomic E-state index is 0.410. The normalized spacial score (nSPS) is 18.2. The number of rotatable bonds is 5. The third-order valence-corrected chi connectivity index (χ3v) is 2.65. The predicted octanol–water partition coefficient (Wildman–Crippen LogP) is 2.16. The van der Waals surface area contributed by atoms with Gasteiger partial charge in [-0.1, -0.05) is 30.3 Å². The molecule has 1 aliphatic rings. The van der Waals surface area contributed by atoms with Crippen LogP contribution in [-0.4, -0.2) is 23.3 Å². The summed E-state index contributed by atoms with van der Waals surface area (Å²) in [4.78, 5) is 15.3. The van der Waals surface area contributed by atoms with Gasteiger partial charge in [0.2, 0.25) is 0 Å². The van der Waals surface area contributed by atoms with Crippen LogP contribution < -0.4 is 0 Å². The molecule has 1 atom stereocenters. The van der Waals surface area contributed by atoms with E-state index in [4.69, 9.17) is 5.11 Å². The van der Waals surface area contributed by atoms with Gasteiger partial charge in [0.1, 0.15) is 0 Å². The molecule has 0 aliphatic heterocycles. The van der Waals surface area contributed by atoms with E-state index < -0.39 is 12.0 Å². The molecule has 2 rings (SSSR count). The van der Waals surface area contributed by atoms with Crippen LogP contribution in [0.4, 0.5) is 0 Å². The molecule has 0 bridgehead atoms. The molecule has 3 nitrogen and oxygen atoms in total. The first-order valence-corrected chi connectivity index (χ1v) is 5.77. The molecule has 0 heterocycles. The fourth-order valence-corrected chi connectivity index (χ4v) is 1.69. The van der Waals surface area contributed by atoms with Crippen molar-refractivity contribution in [3.05, 3.63) is 67.5 Å². The van der Waals surface area contributed by atoms with Crippen LogP contribution in [0.25, 0.3) is 0 Å². The molecule has 1 fully saturated rings. The summed E-state index contributed by atoms with van der Waals surface area (Å²) in [5.41, 5.74) is 0.976. The Labute approximate surface area is 108 Å². The molecule has 1 aromatic carbocycles. The van der Waals surface area contributed by atoms with Gasteiger partial charge in [-0.25, -0.2) is 4.79 Å². The third kappa shape index (κ3) is 3.69. The molecule has 5 radical (unpaired) electrons. The molecule has 18 heavy (non-hydrogen) atoms. The Bertz CT molecular complexity index is 408. The highest BCUT2D eigenvalue weighted by molar-refractivity contribution is 5.85. The molecular formula is C15H14NO2. The second kappa shape index (κ2) is 6.34. The molecule has 3 heteroatoms. The van der Waals surface area contributed by atoms with Crippen molar-refractivity contribution in [2.24, 2.45) is 4.99 Å². The van der Waals surface area contributed by atoms with Crippen molar-refractivity contribution in [3.63, 3.8) is 0 Å². The van der Waals surface area contributed by atoms with Gasteiger partial charge in [-0.15, -0.1) is 0 Å². The lowest BCUT2D eigenvalue weighted by molar-refractivity contribution is -0.138. The summed E-state index contributed by atoms with van der Waals surface area (Å²) in [6.07, 6.45) is 9.60. The monoisotopic (exact) mass is 240 g/mol. The zero-order chi connectivity index (χ0) is 12.8. The van der Waals surface area contributed by atoms with E-state index in [0.717, 1.165) is 11.5 Å². The van der Waals surface area contributed by atoms with E-state index in [1.807, 2.05) is 56.0 Å². The van der Waals surface area contributed by atoms with Gasteiger partial charge < -0.3 is 5.11 Å². The van der Waals surface area contributed by atoms with Crippen LogP contribution in [0.15, 0.2) is 35.3 Å². The Balaban J connectivity index is 1.97. The van der Waals surface area contributed by atoms with Gasteiger partial charge in [0.15, 0.2) is 6.04 Å². The lowest BCUT2D eigenvalue weighted by Crippen LogP contribution is -2.21. The number of carbonyl (C=O) groups is 1. The Morgan fingerprint density at radius 2 is 1.89 bits per heavy atom. The van der Waals surface area contributed by atoms with E-state index >= 15 is 0 Å². The lowest BCUT2D eigenvalue weighted by Gasteiger charge is -2.08. The summed E-state index contributed by atoms with van der Waals surface area (Å²) < 4.78 is 0. The van der Waals surface area contributed by atoms with Crippen molar-refractivity contribution in [1.82, 2.24) is 0 Å². The van der Waals surface area contributed by atoms with E-state index in [0.29, 0.717) is 6.42 Å². The molecule has 0 saturated heterocycles. The van der Waals surface area contributed by atoms with E-state index in [-0.39, 0.29) is 0 Å². The number of benzene rings is 1. The first-order valence-electron chi connectivity index (χ1n) is 5.77. The SMILES string of the molecule is O=C(O)[C@H](Cc1ccccc1)N=C[C]1[CH][CH][CH][CH]1. The fourth-order valence-electron chi connectivity index (χ4n) is 1.69. The second-order valence-electron chi connectivity index (χ2n) is 4.04. The quantitative estimate of drug-likeness (QED) is 0.802. The van der Waals surface area contributed by atoms with Crippen LogP contribution in [0, 0.1) is 31.6 Å². The first-order chi connectivity index (χ1) is 8.75. The zero-order valence-corrected chi connectivity index (χ0v) is 9.86. The van der Waals surface area contributed by atoms with Crippen LogP contribution in [0.5, 0.6) is 0 Å². The van der Waals surface area contributed by atoms with E-state index in [2.05, 4.69) is 4.99 Å². The number of carboxylic acid groups (broad SMARTS) is 1. The number of hydrogen-bond acceptors (Lipinski definition) is 2. The maximum atomic E-state index is 11.1. The molecule has 1 saturated carbocycles. The average Bonchev–Trinajstić information content (AvgIpc) is 2.88. The van der Waals surface area contributed by atoms with Crippen molar-refractivity contribution in [2.75, 3.05) is 0 Å². The molecule has 0 unspecified atom stereocenters. The van der Waals surface area contributed by atoms with Crippen molar-refractivity contribution in [1.29, 1.82) is 0 Å². The van der Waals surface area contributed by atoms with Gasteiger partial charge in [0.05, 0.1) is 0 Å². The number of aliphatic carboxylic acids is 1. The highest BCUT2D eigenvalue weighted by Gasteiger charge is 2.19. The Morgan fingerprint density at radius 1 is 1.22 bits per heavy atom. The van der Waals surface area contributed by atoms with Crippen LogP contribution >= 0.6 is 0 Å². The van der Waals surface area contributed by atoms with Crippen molar-refractivity contribution in [2.45, 2.75) is 12.5 Å². The maximum absolute atomic E-state index is 11.1. The molecule has 0 aromatic heterocycles. The Hall–Kier alpha value is -1.64. The minimum atomic E-state index is -0.901. The van der Waals surface area contributed by atoms with Gasteiger partial charge in [0, 0.05) is 18.6 Å². The van der Waals surface area contributed by atoms with Crippen molar-refractivity contribution in [3.8, 4) is 0 Å². The maximum Gasteiger partial charge on any atom is 0.328 e. The van der Waals surface area contributed by atoms with Gasteiger partial charge in [0.25, 0.3) is 0 Å². The Morgan fingerprint density at radius 3 is 2.50 bits per heavy atom. The third-order valence-electron chi connectivity index (χ3n) is 2.65. The number of hydrogen-bond donors (Lipinski definition) is 1. The molecule has 1 aliphatic carbocycles. The summed E-state index contributed by atoms with van der Waals surface area (Å²) in [5, 5.41) is 9.15. The summed E-state index contributed by atoms with van der Waals surface area (Å²) in [5.74, 6) is 0.0240. The molecule has 0 amide bonds. The lowest BCUT2D eigenvalue weighted by atomic mass is 10.1. The number of nitrogens with zero attached hydrogens (tertiary/aromatic N) is 1. The summed E-state index contributed by atoms with van der Waals surface area (Å²) in [6.45, 7) is 0. The molecule has 1 aromatic rings. The summed E-state index contributed by atoms with van der Waals surface area (Å²) in [7, 11) is 0. The first kappa shape index (κ1) is 12.8. The smallest absolute Gasteiger partial charge is 0.328 e. The highest BCUT2D eigenvalue weighted by atomic mass is 16.4.